The monoisotopic (exact) mass is 490 g/mol. The Bertz CT molecular complexity index is 665. The molecule has 1 amide bonds. The number of likely N-dealkylation sites (N-methyl/N-ethyl adjacent to an activating group) is 1. The standard InChI is InChI=1S/C19H30N4O3.HI/c1-6-20-19(22-12-18(24)23(4)5)21-11-15-10-17-14(8-13(3)26-17)9-16(15)25-7-2;/h9-10,13H,6-8,11-12H2,1-5H3,(H2,20,21,22);1H. The second kappa shape index (κ2) is 11.2. The van der Waals surface area contributed by atoms with Crippen LogP contribution >= 0.6 is 24.0 Å². The molecule has 1 aromatic carbocycles. The molecule has 0 radical (unpaired) electrons. The fourth-order valence-electron chi connectivity index (χ4n) is 2.72. The molecule has 1 atom stereocenters. The Morgan fingerprint density at radius 2 is 2.07 bits per heavy atom. The summed E-state index contributed by atoms with van der Waals surface area (Å²) in [5, 5.41) is 6.21. The summed E-state index contributed by atoms with van der Waals surface area (Å²) in [6.07, 6.45) is 1.09. The molecule has 1 aromatic rings. The van der Waals surface area contributed by atoms with Gasteiger partial charge in [0, 0.05) is 38.2 Å². The number of fused-ring (bicyclic) bond motifs is 1. The highest BCUT2D eigenvalue weighted by atomic mass is 127. The van der Waals surface area contributed by atoms with Crippen LogP contribution in [0.1, 0.15) is 31.9 Å². The molecule has 7 nitrogen and oxygen atoms in total. The predicted molar refractivity (Wildman–Crippen MR) is 118 cm³/mol. The van der Waals surface area contributed by atoms with Gasteiger partial charge in [-0.2, -0.15) is 0 Å². The zero-order chi connectivity index (χ0) is 19.1. The smallest absolute Gasteiger partial charge is 0.241 e. The molecule has 1 unspecified atom stereocenters. The molecule has 152 valence electrons. The first-order valence-corrected chi connectivity index (χ1v) is 9.12. The number of amides is 1. The van der Waals surface area contributed by atoms with Gasteiger partial charge in [0.05, 0.1) is 19.7 Å². The maximum Gasteiger partial charge on any atom is 0.241 e. The van der Waals surface area contributed by atoms with Gasteiger partial charge >= 0.3 is 0 Å². The van der Waals surface area contributed by atoms with Gasteiger partial charge < -0.3 is 25.0 Å². The molecule has 8 heteroatoms. The Kier molecular flexibility index (Phi) is 9.68. The molecule has 0 bridgehead atoms. The van der Waals surface area contributed by atoms with Crippen molar-refractivity contribution in [1.82, 2.24) is 15.5 Å². The van der Waals surface area contributed by atoms with E-state index in [0.717, 1.165) is 23.5 Å². The number of guanidine groups is 1. The van der Waals surface area contributed by atoms with E-state index >= 15 is 0 Å². The van der Waals surface area contributed by atoms with Gasteiger partial charge in [0.2, 0.25) is 5.91 Å². The van der Waals surface area contributed by atoms with Crippen LogP contribution in [0.2, 0.25) is 0 Å². The first kappa shape index (κ1) is 23.3. The van der Waals surface area contributed by atoms with Crippen LogP contribution in [0.3, 0.4) is 0 Å². The molecule has 0 aromatic heterocycles. The van der Waals surface area contributed by atoms with Gasteiger partial charge in [-0.1, -0.05) is 0 Å². The van der Waals surface area contributed by atoms with Crippen molar-refractivity contribution < 1.29 is 14.3 Å². The van der Waals surface area contributed by atoms with Crippen molar-refractivity contribution in [2.24, 2.45) is 4.99 Å². The van der Waals surface area contributed by atoms with Gasteiger partial charge in [-0.05, 0) is 32.9 Å². The number of nitrogens with zero attached hydrogens (tertiary/aromatic N) is 2. The molecule has 27 heavy (non-hydrogen) atoms. The van der Waals surface area contributed by atoms with Crippen molar-refractivity contribution in [1.29, 1.82) is 0 Å². The summed E-state index contributed by atoms with van der Waals surface area (Å²) in [5.41, 5.74) is 2.14. The number of hydrogen-bond donors (Lipinski definition) is 2. The Balaban J connectivity index is 0.00000364. The first-order valence-electron chi connectivity index (χ1n) is 9.12. The molecule has 0 saturated carbocycles. The van der Waals surface area contributed by atoms with Crippen molar-refractivity contribution in [2.75, 3.05) is 33.8 Å². The molecule has 1 heterocycles. The number of hydrogen-bond acceptors (Lipinski definition) is 4. The summed E-state index contributed by atoms with van der Waals surface area (Å²) >= 11 is 0. The number of carbonyl (C=O) groups excluding carboxylic acids is 1. The van der Waals surface area contributed by atoms with Crippen LogP contribution in [0, 0.1) is 0 Å². The number of benzene rings is 1. The van der Waals surface area contributed by atoms with Crippen molar-refractivity contribution in [3.05, 3.63) is 23.3 Å². The molecule has 0 spiro atoms. The third-order valence-electron chi connectivity index (χ3n) is 4.04. The van der Waals surface area contributed by atoms with Crippen LogP contribution in [0.4, 0.5) is 0 Å². The average Bonchev–Trinajstić information content (AvgIpc) is 2.95. The lowest BCUT2D eigenvalue weighted by Crippen LogP contribution is -2.42. The number of rotatable bonds is 7. The Labute approximate surface area is 178 Å². The highest BCUT2D eigenvalue weighted by Crippen LogP contribution is 2.35. The van der Waals surface area contributed by atoms with Crippen LogP contribution in [-0.2, 0) is 17.8 Å². The molecule has 1 aliphatic rings. The third-order valence-corrected chi connectivity index (χ3v) is 4.04. The minimum atomic E-state index is -0.00877. The zero-order valence-corrected chi connectivity index (χ0v) is 19.1. The molecular weight excluding hydrogens is 459 g/mol. The molecule has 0 aliphatic carbocycles. The Morgan fingerprint density at radius 1 is 1.33 bits per heavy atom. The number of nitrogens with one attached hydrogen (secondary N) is 2. The van der Waals surface area contributed by atoms with Crippen LogP contribution in [0.5, 0.6) is 11.5 Å². The van der Waals surface area contributed by atoms with E-state index in [-0.39, 0.29) is 42.5 Å². The summed E-state index contributed by atoms with van der Waals surface area (Å²) in [7, 11) is 3.46. The van der Waals surface area contributed by atoms with E-state index in [1.807, 2.05) is 19.9 Å². The lowest BCUT2D eigenvalue weighted by Gasteiger charge is -2.15. The summed E-state index contributed by atoms with van der Waals surface area (Å²) in [6, 6.07) is 4.07. The normalized spacial score (nSPS) is 15.3. The Morgan fingerprint density at radius 3 is 2.70 bits per heavy atom. The molecule has 1 aliphatic heterocycles. The van der Waals surface area contributed by atoms with Gasteiger partial charge in [0.15, 0.2) is 5.96 Å². The van der Waals surface area contributed by atoms with E-state index in [2.05, 4.69) is 28.6 Å². The molecule has 0 saturated heterocycles. The number of aliphatic imine (C=N–C) groups is 1. The van der Waals surface area contributed by atoms with Crippen LogP contribution in [-0.4, -0.2) is 56.7 Å². The van der Waals surface area contributed by atoms with E-state index in [1.165, 1.54) is 5.56 Å². The van der Waals surface area contributed by atoms with Crippen LogP contribution in [0.15, 0.2) is 17.1 Å². The van der Waals surface area contributed by atoms with Crippen molar-refractivity contribution >= 4 is 35.8 Å². The lowest BCUT2D eigenvalue weighted by molar-refractivity contribution is -0.127. The van der Waals surface area contributed by atoms with E-state index in [9.17, 15) is 4.79 Å². The SMILES string of the molecule is CCNC(=NCc1cc2c(cc1OCC)CC(C)O2)NCC(=O)N(C)C.I. The predicted octanol–water partition coefficient (Wildman–Crippen LogP) is 2.17. The topological polar surface area (TPSA) is 75.2 Å². The maximum atomic E-state index is 11.8. The molecule has 2 rings (SSSR count). The minimum absolute atomic E-state index is 0. The molecular formula is C19H31IN4O3. The average molecular weight is 490 g/mol. The maximum absolute atomic E-state index is 11.8. The fraction of sp³-hybridized carbons (Fsp3) is 0.579. The zero-order valence-electron chi connectivity index (χ0n) is 16.8. The van der Waals surface area contributed by atoms with Crippen LogP contribution < -0.4 is 20.1 Å². The Hall–Kier alpha value is -1.71. The number of halogens is 1. The fourth-order valence-corrected chi connectivity index (χ4v) is 2.72. The quantitative estimate of drug-likeness (QED) is 0.348. The van der Waals surface area contributed by atoms with Crippen LogP contribution in [0.25, 0.3) is 0 Å². The van der Waals surface area contributed by atoms with E-state index in [4.69, 9.17) is 9.47 Å². The van der Waals surface area contributed by atoms with Crippen molar-refractivity contribution in [3.63, 3.8) is 0 Å². The van der Waals surface area contributed by atoms with E-state index in [0.29, 0.717) is 25.7 Å². The largest absolute Gasteiger partial charge is 0.494 e. The highest BCUT2D eigenvalue weighted by molar-refractivity contribution is 14.0. The summed E-state index contributed by atoms with van der Waals surface area (Å²) in [4.78, 5) is 17.9. The number of carbonyl (C=O) groups is 1. The van der Waals surface area contributed by atoms with Crippen molar-refractivity contribution in [3.8, 4) is 11.5 Å². The van der Waals surface area contributed by atoms with Gasteiger partial charge in [0.25, 0.3) is 0 Å². The van der Waals surface area contributed by atoms with Gasteiger partial charge in [-0.25, -0.2) is 4.99 Å². The molecule has 0 fully saturated rings. The van der Waals surface area contributed by atoms with Gasteiger partial charge in [0.1, 0.15) is 17.6 Å². The first-order chi connectivity index (χ1) is 12.4. The second-order valence-electron chi connectivity index (χ2n) is 6.47. The third kappa shape index (κ3) is 6.75. The number of ether oxygens (including phenoxy) is 2. The minimum Gasteiger partial charge on any atom is -0.494 e. The van der Waals surface area contributed by atoms with E-state index in [1.54, 1.807) is 19.0 Å². The summed E-state index contributed by atoms with van der Waals surface area (Å²) < 4.78 is 11.6. The van der Waals surface area contributed by atoms with Gasteiger partial charge in [-0.3, -0.25) is 4.79 Å². The summed E-state index contributed by atoms with van der Waals surface area (Å²) in [6.45, 7) is 7.96. The van der Waals surface area contributed by atoms with Crippen molar-refractivity contribution in [2.45, 2.75) is 39.8 Å². The molecule has 2 N–H and O–H groups in total. The summed E-state index contributed by atoms with van der Waals surface area (Å²) in [5.74, 6) is 2.34. The second-order valence-corrected chi connectivity index (χ2v) is 6.47. The van der Waals surface area contributed by atoms with Gasteiger partial charge in [-0.15, -0.1) is 24.0 Å². The lowest BCUT2D eigenvalue weighted by atomic mass is 10.1. The van der Waals surface area contributed by atoms with E-state index < -0.39 is 0 Å². The highest BCUT2D eigenvalue weighted by Gasteiger charge is 2.21.